The molecule has 1 saturated carbocycles. The topological polar surface area (TPSA) is 69.6 Å². The second-order valence-corrected chi connectivity index (χ2v) is 5.43. The van der Waals surface area contributed by atoms with E-state index in [1.54, 1.807) is 4.90 Å². The predicted octanol–water partition coefficient (Wildman–Crippen LogP) is 0.132. The number of hydrogen-bond acceptors (Lipinski definition) is 3. The Balaban J connectivity index is 1.67. The summed E-state index contributed by atoms with van der Waals surface area (Å²) in [5.74, 6) is 0.779. The highest BCUT2D eigenvalue weighted by molar-refractivity contribution is 5.82. The van der Waals surface area contributed by atoms with Crippen LogP contribution in [0, 0.1) is 11.8 Å². The summed E-state index contributed by atoms with van der Waals surface area (Å²) >= 11 is 0. The van der Waals surface area contributed by atoms with Crippen LogP contribution in [0.3, 0.4) is 0 Å². The third-order valence-electron chi connectivity index (χ3n) is 3.99. The molecule has 5 nitrogen and oxygen atoms in total. The summed E-state index contributed by atoms with van der Waals surface area (Å²) in [5.41, 5.74) is 0. The zero-order chi connectivity index (χ0) is 13.1. The van der Waals surface area contributed by atoms with Gasteiger partial charge in [-0.1, -0.05) is 6.92 Å². The first-order valence-electron chi connectivity index (χ1n) is 6.81. The average molecular weight is 254 g/mol. The Kier molecular flexibility index (Phi) is 4.22. The van der Waals surface area contributed by atoms with Gasteiger partial charge in [0.2, 0.25) is 11.8 Å². The second kappa shape index (κ2) is 5.69. The van der Waals surface area contributed by atoms with Gasteiger partial charge in [-0.25, -0.2) is 0 Å². The molecule has 102 valence electrons. The number of rotatable bonds is 5. The van der Waals surface area contributed by atoms with Crippen LogP contribution in [0.25, 0.3) is 0 Å². The molecule has 1 saturated heterocycles. The van der Waals surface area contributed by atoms with E-state index in [9.17, 15) is 9.59 Å². The van der Waals surface area contributed by atoms with Crippen LogP contribution in [-0.4, -0.2) is 47.6 Å². The fourth-order valence-electron chi connectivity index (χ4n) is 2.61. The number of aliphatic hydroxyl groups is 1. The quantitative estimate of drug-likeness (QED) is 0.733. The van der Waals surface area contributed by atoms with Crippen molar-refractivity contribution in [3.63, 3.8) is 0 Å². The first-order valence-corrected chi connectivity index (χ1v) is 6.81. The maximum Gasteiger partial charge on any atom is 0.224 e. The third kappa shape index (κ3) is 3.02. The molecule has 2 fully saturated rings. The minimum atomic E-state index is -0.0170. The summed E-state index contributed by atoms with van der Waals surface area (Å²) in [6.07, 6.45) is 3.15. The van der Waals surface area contributed by atoms with Gasteiger partial charge in [0.05, 0.1) is 12.6 Å². The highest BCUT2D eigenvalue weighted by Crippen LogP contribution is 2.37. The number of carbonyl (C=O) groups is 2. The van der Waals surface area contributed by atoms with Gasteiger partial charge >= 0.3 is 0 Å². The Hall–Kier alpha value is -1.10. The summed E-state index contributed by atoms with van der Waals surface area (Å²) in [4.78, 5) is 25.2. The van der Waals surface area contributed by atoms with Gasteiger partial charge < -0.3 is 15.3 Å². The molecule has 2 aliphatic rings. The maximum absolute atomic E-state index is 11.9. The molecule has 0 spiro atoms. The lowest BCUT2D eigenvalue weighted by Crippen LogP contribution is -2.39. The van der Waals surface area contributed by atoms with E-state index in [0.717, 1.165) is 25.8 Å². The normalized spacial score (nSPS) is 30.3. The van der Waals surface area contributed by atoms with E-state index in [4.69, 9.17) is 5.11 Å². The molecule has 5 heteroatoms. The Morgan fingerprint density at radius 1 is 1.44 bits per heavy atom. The first kappa shape index (κ1) is 13.3. The largest absolute Gasteiger partial charge is 0.394 e. The Morgan fingerprint density at radius 2 is 2.17 bits per heavy atom. The minimum Gasteiger partial charge on any atom is -0.394 e. The molecule has 0 radical (unpaired) electrons. The summed E-state index contributed by atoms with van der Waals surface area (Å²) in [6, 6.07) is -0.0170. The Morgan fingerprint density at radius 3 is 2.78 bits per heavy atom. The molecule has 0 aromatic carbocycles. The smallest absolute Gasteiger partial charge is 0.224 e. The van der Waals surface area contributed by atoms with E-state index in [1.807, 2.05) is 0 Å². The lowest BCUT2D eigenvalue weighted by atomic mass is 10.2. The van der Waals surface area contributed by atoms with Crippen molar-refractivity contribution in [2.24, 2.45) is 11.8 Å². The van der Waals surface area contributed by atoms with Gasteiger partial charge in [0, 0.05) is 25.4 Å². The van der Waals surface area contributed by atoms with Crippen LogP contribution in [0.2, 0.25) is 0 Å². The van der Waals surface area contributed by atoms with Crippen molar-refractivity contribution in [2.75, 3.05) is 19.7 Å². The second-order valence-electron chi connectivity index (χ2n) is 5.43. The number of aliphatic hydroxyl groups excluding tert-OH is 1. The Labute approximate surface area is 108 Å². The fourth-order valence-corrected chi connectivity index (χ4v) is 2.61. The number of hydrogen-bond donors (Lipinski definition) is 2. The summed E-state index contributed by atoms with van der Waals surface area (Å²) in [5, 5.41) is 12.0. The van der Waals surface area contributed by atoms with E-state index in [-0.39, 0.29) is 30.4 Å². The van der Waals surface area contributed by atoms with Crippen LogP contribution in [-0.2, 0) is 9.59 Å². The molecule has 0 aromatic rings. The van der Waals surface area contributed by atoms with Gasteiger partial charge in [0.1, 0.15) is 0 Å². The summed E-state index contributed by atoms with van der Waals surface area (Å²) < 4.78 is 0. The molecule has 1 heterocycles. The first-order chi connectivity index (χ1) is 8.63. The minimum absolute atomic E-state index is 0.0170. The zero-order valence-electron chi connectivity index (χ0n) is 10.9. The lowest BCUT2D eigenvalue weighted by Gasteiger charge is -2.23. The van der Waals surface area contributed by atoms with Gasteiger partial charge in [0.25, 0.3) is 0 Å². The molecule has 1 aliphatic carbocycles. The van der Waals surface area contributed by atoms with Gasteiger partial charge in [-0.05, 0) is 25.2 Å². The van der Waals surface area contributed by atoms with Gasteiger partial charge in [-0.3, -0.25) is 9.59 Å². The highest BCUT2D eigenvalue weighted by atomic mass is 16.3. The van der Waals surface area contributed by atoms with Crippen molar-refractivity contribution >= 4 is 11.8 Å². The maximum atomic E-state index is 11.9. The van der Waals surface area contributed by atoms with Crippen LogP contribution in [0.4, 0.5) is 0 Å². The van der Waals surface area contributed by atoms with Crippen LogP contribution in [0.1, 0.15) is 32.6 Å². The molecule has 2 unspecified atom stereocenters. The summed E-state index contributed by atoms with van der Waals surface area (Å²) in [7, 11) is 0. The third-order valence-corrected chi connectivity index (χ3v) is 3.99. The van der Waals surface area contributed by atoms with Gasteiger partial charge in [0.15, 0.2) is 0 Å². The van der Waals surface area contributed by atoms with E-state index in [1.165, 1.54) is 0 Å². The van der Waals surface area contributed by atoms with E-state index < -0.39 is 0 Å². The average Bonchev–Trinajstić information content (AvgIpc) is 2.92. The van der Waals surface area contributed by atoms with Crippen molar-refractivity contribution < 1.29 is 14.7 Å². The number of carbonyl (C=O) groups excluding carboxylic acids is 2. The Bertz CT molecular complexity index is 332. The number of nitrogens with one attached hydrogen (secondary N) is 1. The highest BCUT2D eigenvalue weighted by Gasteiger charge is 2.38. The van der Waals surface area contributed by atoms with E-state index in [0.29, 0.717) is 18.9 Å². The van der Waals surface area contributed by atoms with Crippen LogP contribution in [0.5, 0.6) is 0 Å². The molecule has 0 bridgehead atoms. The molecule has 3 atom stereocenters. The van der Waals surface area contributed by atoms with Crippen molar-refractivity contribution in [1.82, 2.24) is 10.2 Å². The molecular weight excluding hydrogens is 232 g/mol. The number of nitrogens with zero attached hydrogens (tertiary/aromatic N) is 1. The SMILES string of the molecule is CC1CC1C(=O)NCCC(=O)N1CCC[C@@H]1CO. The van der Waals surface area contributed by atoms with Crippen molar-refractivity contribution in [3.05, 3.63) is 0 Å². The van der Waals surface area contributed by atoms with Crippen LogP contribution in [0.15, 0.2) is 0 Å². The molecule has 2 N–H and O–H groups in total. The van der Waals surface area contributed by atoms with Crippen molar-refractivity contribution in [3.8, 4) is 0 Å². The van der Waals surface area contributed by atoms with Crippen molar-refractivity contribution in [2.45, 2.75) is 38.6 Å². The van der Waals surface area contributed by atoms with E-state index >= 15 is 0 Å². The monoisotopic (exact) mass is 254 g/mol. The number of amides is 2. The molecule has 0 aromatic heterocycles. The molecule has 1 aliphatic heterocycles. The zero-order valence-corrected chi connectivity index (χ0v) is 10.9. The number of likely N-dealkylation sites (tertiary alicyclic amines) is 1. The predicted molar refractivity (Wildman–Crippen MR) is 66.7 cm³/mol. The molecular formula is C13H22N2O3. The van der Waals surface area contributed by atoms with Crippen LogP contribution < -0.4 is 5.32 Å². The van der Waals surface area contributed by atoms with Crippen LogP contribution >= 0.6 is 0 Å². The standard InChI is InChI=1S/C13H22N2O3/c1-9-7-11(9)13(18)14-5-4-12(17)15-6-2-3-10(15)8-16/h9-11,16H,2-8H2,1H3,(H,14,18)/t9?,10-,11?/m1/s1. The van der Waals surface area contributed by atoms with Gasteiger partial charge in [-0.2, -0.15) is 0 Å². The molecule has 18 heavy (non-hydrogen) atoms. The lowest BCUT2D eigenvalue weighted by molar-refractivity contribution is -0.132. The molecule has 2 amide bonds. The molecule has 2 rings (SSSR count). The fraction of sp³-hybridized carbons (Fsp3) is 0.846. The van der Waals surface area contributed by atoms with Crippen molar-refractivity contribution in [1.29, 1.82) is 0 Å². The summed E-state index contributed by atoms with van der Waals surface area (Å²) in [6.45, 7) is 3.25. The van der Waals surface area contributed by atoms with Gasteiger partial charge in [-0.15, -0.1) is 0 Å². The van der Waals surface area contributed by atoms with E-state index in [2.05, 4.69) is 12.2 Å².